The quantitative estimate of drug-likeness (QED) is 0.499. The van der Waals surface area contributed by atoms with Gasteiger partial charge in [0.05, 0.1) is 0 Å². The summed E-state index contributed by atoms with van der Waals surface area (Å²) in [5.41, 5.74) is 0.988. The number of hydrogen-bond acceptors (Lipinski definition) is 1. The molecule has 0 bridgehead atoms. The minimum Gasteiger partial charge on any atom is -0.265 e. The summed E-state index contributed by atoms with van der Waals surface area (Å²) in [6.07, 6.45) is 3.41. The van der Waals surface area contributed by atoms with Crippen molar-refractivity contribution < 1.29 is 0 Å². The Morgan fingerprint density at radius 2 is 2.00 bits per heavy atom. The largest absolute Gasteiger partial charge is 0.275 e. The van der Waals surface area contributed by atoms with Crippen molar-refractivity contribution in [2.45, 2.75) is 0 Å². The van der Waals surface area contributed by atoms with E-state index in [9.17, 15) is 0 Å². The van der Waals surface area contributed by atoms with Crippen LogP contribution in [0.4, 0.5) is 0 Å². The number of nitrogens with zero attached hydrogens (tertiary/aromatic N) is 1. The molecule has 1 heterocycles. The van der Waals surface area contributed by atoms with Gasteiger partial charge in [-0.15, -0.1) is 0 Å². The molecule has 0 N–H and O–H groups in total. The topological polar surface area (TPSA) is 12.9 Å². The number of pyridine rings is 1. The van der Waals surface area contributed by atoms with Gasteiger partial charge < -0.3 is 0 Å². The van der Waals surface area contributed by atoms with Gasteiger partial charge in [0.25, 0.3) is 6.69 Å². The molecule has 1 rings (SSSR count). The highest BCUT2D eigenvalue weighted by atomic mass is 35.5. The van der Waals surface area contributed by atoms with Crippen LogP contribution in [-0.4, -0.2) is 11.7 Å². The molecule has 1 nitrogen and oxygen atoms in total. The molecule has 0 saturated heterocycles. The van der Waals surface area contributed by atoms with E-state index in [4.69, 9.17) is 11.5 Å². The molecule has 0 atom stereocenters. The fraction of sp³-hybridized carbons (Fsp3) is 0. The lowest BCUT2D eigenvalue weighted by atomic mass is 9.97. The summed E-state index contributed by atoms with van der Waals surface area (Å²) in [6, 6.07) is 3.68. The van der Waals surface area contributed by atoms with E-state index in [0.29, 0.717) is 0 Å². The lowest BCUT2D eigenvalue weighted by molar-refractivity contribution is 1.34. The fourth-order valence-corrected chi connectivity index (χ4v) is 0.582. The smallest absolute Gasteiger partial charge is 0.265 e. The van der Waals surface area contributed by atoms with Gasteiger partial charge in [-0.3, -0.25) is 4.98 Å². The maximum absolute atomic E-state index is 5.37. The maximum Gasteiger partial charge on any atom is 0.275 e. The Balaban J connectivity index is 2.83. The zero-order valence-corrected chi connectivity index (χ0v) is 4.97. The summed E-state index contributed by atoms with van der Waals surface area (Å²) < 4.78 is 0. The van der Waals surface area contributed by atoms with Crippen molar-refractivity contribution in [3.8, 4) is 0 Å². The Bertz CT molecular complexity index is 154. The van der Waals surface area contributed by atoms with Gasteiger partial charge in [0.15, 0.2) is 0 Å². The second kappa shape index (κ2) is 2.73. The van der Waals surface area contributed by atoms with E-state index in [1.165, 1.54) is 6.69 Å². The summed E-state index contributed by atoms with van der Waals surface area (Å²) >= 11 is 5.37. The number of halogens is 1. The zero-order chi connectivity index (χ0) is 5.82. The summed E-state index contributed by atoms with van der Waals surface area (Å²) in [6.45, 7) is 1.52. The molecule has 39 valence electrons. The third-order valence-electron chi connectivity index (χ3n) is 0.832. The van der Waals surface area contributed by atoms with Gasteiger partial charge in [-0.1, -0.05) is 5.46 Å². The Hall–Kier alpha value is -0.495. The standard InChI is InChI=1S/C5H4BClN/c7-6-5-1-3-8-4-2-5/h1-4H. The Labute approximate surface area is 53.9 Å². The summed E-state index contributed by atoms with van der Waals surface area (Å²) in [5, 5.41) is 0. The van der Waals surface area contributed by atoms with E-state index < -0.39 is 0 Å². The van der Waals surface area contributed by atoms with Crippen molar-refractivity contribution >= 4 is 23.6 Å². The van der Waals surface area contributed by atoms with Crippen molar-refractivity contribution in [1.29, 1.82) is 0 Å². The van der Waals surface area contributed by atoms with Crippen molar-refractivity contribution in [2.24, 2.45) is 0 Å². The molecule has 1 aromatic heterocycles. The van der Waals surface area contributed by atoms with Crippen LogP contribution in [0, 0.1) is 0 Å². The third kappa shape index (κ3) is 1.24. The maximum atomic E-state index is 5.37. The van der Waals surface area contributed by atoms with Crippen LogP contribution in [0.15, 0.2) is 24.5 Å². The molecule has 0 saturated carbocycles. The molecule has 0 aliphatic rings. The van der Waals surface area contributed by atoms with Gasteiger partial charge in [-0.05, 0) is 12.1 Å². The molecule has 0 amide bonds. The van der Waals surface area contributed by atoms with E-state index in [2.05, 4.69) is 4.98 Å². The van der Waals surface area contributed by atoms with E-state index in [1.54, 1.807) is 12.4 Å². The first-order valence-electron chi connectivity index (χ1n) is 2.27. The van der Waals surface area contributed by atoms with Crippen molar-refractivity contribution in [3.05, 3.63) is 24.5 Å². The predicted molar refractivity (Wildman–Crippen MR) is 35.5 cm³/mol. The summed E-state index contributed by atoms with van der Waals surface area (Å²) in [7, 11) is 0. The minimum atomic E-state index is 0.988. The SMILES string of the molecule is Cl[B]c1ccncc1. The zero-order valence-electron chi connectivity index (χ0n) is 4.21. The predicted octanol–water partition coefficient (Wildman–Crippen LogP) is 0.565. The van der Waals surface area contributed by atoms with E-state index in [1.807, 2.05) is 12.1 Å². The van der Waals surface area contributed by atoms with Crippen LogP contribution in [0.2, 0.25) is 0 Å². The van der Waals surface area contributed by atoms with Crippen LogP contribution in [0.1, 0.15) is 0 Å². The van der Waals surface area contributed by atoms with Gasteiger partial charge in [0.2, 0.25) is 0 Å². The van der Waals surface area contributed by atoms with E-state index in [0.717, 1.165) is 5.46 Å². The molecular weight excluding hydrogens is 120 g/mol. The number of rotatable bonds is 1. The normalized spacial score (nSPS) is 8.62. The first kappa shape index (κ1) is 5.64. The average molecular weight is 124 g/mol. The molecule has 0 unspecified atom stereocenters. The van der Waals surface area contributed by atoms with E-state index >= 15 is 0 Å². The highest BCUT2D eigenvalue weighted by molar-refractivity contribution is 7.01. The molecule has 0 spiro atoms. The Kier molecular flexibility index (Phi) is 1.92. The lowest BCUT2D eigenvalue weighted by Gasteiger charge is -1.86. The minimum absolute atomic E-state index is 0.988. The number of hydrogen-bond donors (Lipinski definition) is 0. The average Bonchev–Trinajstić information content (AvgIpc) is 1.90. The number of aromatic nitrogens is 1. The van der Waals surface area contributed by atoms with Crippen molar-refractivity contribution in [2.75, 3.05) is 0 Å². The van der Waals surface area contributed by atoms with Gasteiger partial charge >= 0.3 is 0 Å². The van der Waals surface area contributed by atoms with Gasteiger partial charge in [-0.2, -0.15) is 11.5 Å². The molecule has 0 fully saturated rings. The Morgan fingerprint density at radius 1 is 1.38 bits per heavy atom. The van der Waals surface area contributed by atoms with Crippen LogP contribution in [0.3, 0.4) is 0 Å². The van der Waals surface area contributed by atoms with Crippen LogP contribution in [-0.2, 0) is 0 Å². The highest BCUT2D eigenvalue weighted by Crippen LogP contribution is 1.76. The summed E-state index contributed by atoms with van der Waals surface area (Å²) in [4.78, 5) is 3.81. The van der Waals surface area contributed by atoms with Gasteiger partial charge in [0, 0.05) is 12.4 Å². The molecule has 0 aliphatic carbocycles. The molecule has 1 radical (unpaired) electrons. The molecule has 3 heteroatoms. The van der Waals surface area contributed by atoms with Crippen LogP contribution in [0.25, 0.3) is 0 Å². The lowest BCUT2D eigenvalue weighted by Crippen LogP contribution is -2.06. The van der Waals surface area contributed by atoms with Crippen LogP contribution >= 0.6 is 11.5 Å². The molecule has 8 heavy (non-hydrogen) atoms. The highest BCUT2D eigenvalue weighted by Gasteiger charge is 1.85. The first-order valence-corrected chi connectivity index (χ1v) is 2.70. The van der Waals surface area contributed by atoms with Gasteiger partial charge in [-0.25, -0.2) is 0 Å². The fourth-order valence-electron chi connectivity index (χ4n) is 0.436. The molecule has 1 aromatic rings. The van der Waals surface area contributed by atoms with Gasteiger partial charge in [0.1, 0.15) is 0 Å². The van der Waals surface area contributed by atoms with Crippen LogP contribution < -0.4 is 5.46 Å². The first-order chi connectivity index (χ1) is 3.93. The molecule has 0 aliphatic heterocycles. The molecule has 0 aromatic carbocycles. The van der Waals surface area contributed by atoms with E-state index in [-0.39, 0.29) is 0 Å². The van der Waals surface area contributed by atoms with Crippen molar-refractivity contribution in [1.82, 2.24) is 4.98 Å². The third-order valence-corrected chi connectivity index (χ3v) is 1.08. The van der Waals surface area contributed by atoms with Crippen LogP contribution in [0.5, 0.6) is 0 Å². The monoisotopic (exact) mass is 124 g/mol. The Morgan fingerprint density at radius 3 is 2.38 bits per heavy atom. The summed E-state index contributed by atoms with van der Waals surface area (Å²) in [5.74, 6) is 0. The van der Waals surface area contributed by atoms with Crippen molar-refractivity contribution in [3.63, 3.8) is 0 Å². The molecular formula is C5H4BClN. The second-order valence-electron chi connectivity index (χ2n) is 1.39. The second-order valence-corrected chi connectivity index (χ2v) is 1.61.